The SMILES string of the molecule is C=C1CCC2[C@H](COC(C)=O)C([C@@]3(C)CC[C@H](C)C[C@@H]3C=O)CC[C@]12C. The normalized spacial score (nSPS) is 45.8. The maximum Gasteiger partial charge on any atom is 0.302 e. The van der Waals surface area contributed by atoms with Crippen LogP contribution in [0.5, 0.6) is 0 Å². The lowest BCUT2D eigenvalue weighted by atomic mass is 9.49. The number of ether oxygens (including phenoxy) is 1. The topological polar surface area (TPSA) is 43.4 Å². The van der Waals surface area contributed by atoms with Gasteiger partial charge < -0.3 is 9.53 Å². The highest BCUT2D eigenvalue weighted by Crippen LogP contribution is 2.63. The Balaban J connectivity index is 1.92. The summed E-state index contributed by atoms with van der Waals surface area (Å²) in [6.45, 7) is 13.4. The van der Waals surface area contributed by atoms with Gasteiger partial charge in [-0.15, -0.1) is 0 Å². The fraction of sp³-hybridized carbons (Fsp3) is 0.826. The van der Waals surface area contributed by atoms with Gasteiger partial charge in [0, 0.05) is 18.8 Å². The Morgan fingerprint density at radius 2 is 1.96 bits per heavy atom. The van der Waals surface area contributed by atoms with Crippen molar-refractivity contribution in [3.63, 3.8) is 0 Å². The van der Waals surface area contributed by atoms with Crippen molar-refractivity contribution in [1.29, 1.82) is 0 Å². The standard InChI is InChI=1S/C23H36O3/c1-15-8-10-23(5,18(12-15)13-24)21-9-11-22(4)16(2)6-7-20(22)19(21)14-26-17(3)25/h13,15,18-21H,2,6-12,14H2,1,3-5H3/t15-,18+,19-,20?,21?,22+,23-/m0/s1. The lowest BCUT2D eigenvalue weighted by Crippen LogP contribution is -2.51. The third-order valence-corrected chi connectivity index (χ3v) is 8.56. The number of aldehydes is 1. The minimum atomic E-state index is -0.192. The molecule has 3 aliphatic carbocycles. The zero-order valence-electron chi connectivity index (χ0n) is 17.1. The predicted molar refractivity (Wildman–Crippen MR) is 103 cm³/mol. The summed E-state index contributed by atoms with van der Waals surface area (Å²) in [5.74, 6) is 1.89. The van der Waals surface area contributed by atoms with E-state index in [0.29, 0.717) is 30.3 Å². The number of carbonyl (C=O) groups excluding carboxylic acids is 2. The quantitative estimate of drug-likeness (QED) is 0.394. The number of rotatable bonds is 4. The molecule has 0 radical (unpaired) electrons. The Bertz CT molecular complexity index is 582. The maximum atomic E-state index is 12.0. The van der Waals surface area contributed by atoms with Gasteiger partial charge in [-0.2, -0.15) is 0 Å². The van der Waals surface area contributed by atoms with E-state index in [4.69, 9.17) is 4.74 Å². The molecule has 0 amide bonds. The molecular weight excluding hydrogens is 324 g/mol. The number of esters is 1. The van der Waals surface area contributed by atoms with Gasteiger partial charge in [0.15, 0.2) is 0 Å². The number of allylic oxidation sites excluding steroid dienone is 1. The Morgan fingerprint density at radius 1 is 1.23 bits per heavy atom. The van der Waals surface area contributed by atoms with Crippen molar-refractivity contribution in [2.45, 2.75) is 72.6 Å². The monoisotopic (exact) mass is 360 g/mol. The number of fused-ring (bicyclic) bond motifs is 1. The summed E-state index contributed by atoms with van der Waals surface area (Å²) in [5.41, 5.74) is 1.59. The molecule has 0 heterocycles. The van der Waals surface area contributed by atoms with Gasteiger partial charge in [0.05, 0.1) is 6.61 Å². The molecule has 2 unspecified atom stereocenters. The average Bonchev–Trinajstić information content (AvgIpc) is 2.90. The summed E-state index contributed by atoms with van der Waals surface area (Å²) in [5, 5.41) is 0. The third-order valence-electron chi connectivity index (χ3n) is 8.56. The van der Waals surface area contributed by atoms with Gasteiger partial charge in [-0.1, -0.05) is 39.3 Å². The van der Waals surface area contributed by atoms with Crippen LogP contribution in [0.25, 0.3) is 0 Å². The van der Waals surface area contributed by atoms with Crippen LogP contribution in [0.15, 0.2) is 12.2 Å². The maximum absolute atomic E-state index is 12.0. The molecular formula is C23H36O3. The molecule has 3 fully saturated rings. The van der Waals surface area contributed by atoms with E-state index in [9.17, 15) is 9.59 Å². The van der Waals surface area contributed by atoms with Crippen LogP contribution in [0.3, 0.4) is 0 Å². The van der Waals surface area contributed by atoms with E-state index < -0.39 is 0 Å². The second kappa shape index (κ2) is 7.13. The first-order valence-corrected chi connectivity index (χ1v) is 10.5. The fourth-order valence-corrected chi connectivity index (χ4v) is 6.69. The first kappa shape index (κ1) is 19.6. The Kier molecular flexibility index (Phi) is 5.38. The molecule has 0 spiro atoms. The van der Waals surface area contributed by atoms with E-state index in [-0.39, 0.29) is 22.7 Å². The molecule has 3 rings (SSSR count). The zero-order chi connectivity index (χ0) is 19.1. The lowest BCUT2D eigenvalue weighted by Gasteiger charge is -2.55. The van der Waals surface area contributed by atoms with Crippen LogP contribution in [-0.4, -0.2) is 18.9 Å². The van der Waals surface area contributed by atoms with Crippen LogP contribution in [0, 0.1) is 40.4 Å². The van der Waals surface area contributed by atoms with Crippen molar-refractivity contribution in [3.8, 4) is 0 Å². The van der Waals surface area contributed by atoms with E-state index in [1.165, 1.54) is 25.2 Å². The van der Waals surface area contributed by atoms with E-state index in [2.05, 4.69) is 27.4 Å². The van der Waals surface area contributed by atoms with E-state index >= 15 is 0 Å². The number of carbonyl (C=O) groups is 2. The molecule has 0 aliphatic heterocycles. The first-order chi connectivity index (χ1) is 12.2. The number of hydrogen-bond acceptors (Lipinski definition) is 3. The van der Waals surface area contributed by atoms with Crippen LogP contribution in [0.4, 0.5) is 0 Å². The van der Waals surface area contributed by atoms with Gasteiger partial charge in [0.25, 0.3) is 0 Å². The minimum Gasteiger partial charge on any atom is -0.466 e. The fourth-order valence-electron chi connectivity index (χ4n) is 6.69. The Morgan fingerprint density at radius 3 is 2.62 bits per heavy atom. The molecule has 3 aliphatic rings. The predicted octanol–water partition coefficient (Wildman–Crippen LogP) is 5.19. The molecule has 0 N–H and O–H groups in total. The molecule has 0 aromatic rings. The third kappa shape index (κ3) is 3.16. The molecule has 0 saturated heterocycles. The highest BCUT2D eigenvalue weighted by Gasteiger charge is 2.56. The average molecular weight is 361 g/mol. The van der Waals surface area contributed by atoms with Crippen LogP contribution < -0.4 is 0 Å². The molecule has 0 aromatic heterocycles. The molecule has 146 valence electrons. The summed E-state index contributed by atoms with van der Waals surface area (Å²) in [6, 6.07) is 0. The van der Waals surface area contributed by atoms with E-state index in [1.54, 1.807) is 0 Å². The second-order valence-electron chi connectivity index (χ2n) is 9.91. The van der Waals surface area contributed by atoms with Gasteiger partial charge in [0.2, 0.25) is 0 Å². The van der Waals surface area contributed by atoms with Crippen molar-refractivity contribution in [3.05, 3.63) is 12.2 Å². The van der Waals surface area contributed by atoms with Gasteiger partial charge in [-0.25, -0.2) is 0 Å². The molecule has 3 saturated carbocycles. The van der Waals surface area contributed by atoms with Crippen LogP contribution in [0.1, 0.15) is 72.6 Å². The van der Waals surface area contributed by atoms with Crippen molar-refractivity contribution in [1.82, 2.24) is 0 Å². The smallest absolute Gasteiger partial charge is 0.302 e. The van der Waals surface area contributed by atoms with E-state index in [0.717, 1.165) is 38.5 Å². The number of hydrogen-bond donors (Lipinski definition) is 0. The summed E-state index contributed by atoms with van der Waals surface area (Å²) in [6.07, 6.45) is 9.06. The van der Waals surface area contributed by atoms with Gasteiger partial charge >= 0.3 is 5.97 Å². The summed E-state index contributed by atoms with van der Waals surface area (Å²) in [7, 11) is 0. The molecule has 7 atom stereocenters. The summed E-state index contributed by atoms with van der Waals surface area (Å²) in [4.78, 5) is 23.5. The van der Waals surface area contributed by atoms with Crippen LogP contribution in [-0.2, 0) is 14.3 Å². The molecule has 0 bridgehead atoms. The second-order valence-corrected chi connectivity index (χ2v) is 9.91. The van der Waals surface area contributed by atoms with Crippen LogP contribution >= 0.6 is 0 Å². The molecule has 26 heavy (non-hydrogen) atoms. The van der Waals surface area contributed by atoms with Gasteiger partial charge in [0.1, 0.15) is 6.29 Å². The van der Waals surface area contributed by atoms with Crippen molar-refractivity contribution < 1.29 is 14.3 Å². The molecule has 3 heteroatoms. The van der Waals surface area contributed by atoms with Crippen molar-refractivity contribution >= 4 is 12.3 Å². The summed E-state index contributed by atoms with van der Waals surface area (Å²) < 4.78 is 5.57. The highest BCUT2D eigenvalue weighted by atomic mass is 16.5. The zero-order valence-corrected chi connectivity index (χ0v) is 17.1. The van der Waals surface area contributed by atoms with Crippen molar-refractivity contribution in [2.24, 2.45) is 40.4 Å². The minimum absolute atomic E-state index is 0.0321. The van der Waals surface area contributed by atoms with E-state index in [1.807, 2.05) is 0 Å². The first-order valence-electron chi connectivity index (χ1n) is 10.5. The van der Waals surface area contributed by atoms with Gasteiger partial charge in [-0.05, 0) is 67.1 Å². The highest BCUT2D eigenvalue weighted by molar-refractivity contribution is 5.65. The largest absolute Gasteiger partial charge is 0.466 e. The van der Waals surface area contributed by atoms with Gasteiger partial charge in [-0.3, -0.25) is 4.79 Å². The molecule has 0 aromatic carbocycles. The van der Waals surface area contributed by atoms with Crippen LogP contribution in [0.2, 0.25) is 0 Å². The lowest BCUT2D eigenvalue weighted by molar-refractivity contribution is -0.150. The Hall–Kier alpha value is -1.12. The Labute approximate surface area is 158 Å². The molecule has 3 nitrogen and oxygen atoms in total. The van der Waals surface area contributed by atoms with Crippen molar-refractivity contribution in [2.75, 3.05) is 6.61 Å². The summed E-state index contributed by atoms with van der Waals surface area (Å²) >= 11 is 0.